The summed E-state index contributed by atoms with van der Waals surface area (Å²) in [7, 11) is 1.35. The number of carbonyl (C=O) groups is 1. The Labute approximate surface area is 149 Å². The lowest BCUT2D eigenvalue weighted by Crippen LogP contribution is -2.00. The van der Waals surface area contributed by atoms with Gasteiger partial charge in [0.1, 0.15) is 17.1 Å². The number of imidazole rings is 1. The summed E-state index contributed by atoms with van der Waals surface area (Å²) in [6.07, 6.45) is 0.417. The molecule has 0 saturated carbocycles. The lowest BCUT2D eigenvalue weighted by molar-refractivity contribution is 0.0599. The number of methoxy groups -OCH3 is 1. The van der Waals surface area contributed by atoms with E-state index in [1.54, 1.807) is 13.0 Å². The SMILES string of the molecule is COC(=O)c1cc(CSc2nc3ccccc3n2CCC#N)oc1C. The number of thioether (sulfide) groups is 1. The van der Waals surface area contributed by atoms with Crippen molar-refractivity contribution >= 4 is 28.8 Å². The van der Waals surface area contributed by atoms with E-state index in [4.69, 9.17) is 14.4 Å². The fraction of sp³-hybridized carbons (Fsp3) is 0.278. The number of ether oxygens (including phenoxy) is 1. The lowest BCUT2D eigenvalue weighted by atomic mass is 10.2. The number of rotatable bonds is 6. The minimum absolute atomic E-state index is 0.404. The average molecular weight is 355 g/mol. The number of hydrogen-bond acceptors (Lipinski definition) is 6. The van der Waals surface area contributed by atoms with Crippen molar-refractivity contribution < 1.29 is 13.9 Å². The van der Waals surface area contributed by atoms with Crippen LogP contribution in [0.1, 0.15) is 28.3 Å². The van der Waals surface area contributed by atoms with Crippen LogP contribution in [0.4, 0.5) is 0 Å². The summed E-state index contributed by atoms with van der Waals surface area (Å²) in [6, 6.07) is 11.7. The van der Waals surface area contributed by atoms with E-state index in [0.717, 1.165) is 16.2 Å². The highest BCUT2D eigenvalue weighted by Gasteiger charge is 2.17. The van der Waals surface area contributed by atoms with Gasteiger partial charge in [-0.15, -0.1) is 0 Å². The van der Waals surface area contributed by atoms with Gasteiger partial charge in [-0.25, -0.2) is 9.78 Å². The molecule has 25 heavy (non-hydrogen) atoms. The molecule has 0 fully saturated rings. The van der Waals surface area contributed by atoms with E-state index in [1.807, 2.05) is 28.8 Å². The van der Waals surface area contributed by atoms with E-state index >= 15 is 0 Å². The number of fused-ring (bicyclic) bond motifs is 1. The fourth-order valence-electron chi connectivity index (χ4n) is 2.60. The number of carbonyl (C=O) groups excluding carboxylic acids is 1. The maximum absolute atomic E-state index is 11.7. The number of furan rings is 1. The molecule has 2 aromatic heterocycles. The number of nitrogens with zero attached hydrogens (tertiary/aromatic N) is 3. The van der Waals surface area contributed by atoms with Crippen molar-refractivity contribution in [1.82, 2.24) is 9.55 Å². The van der Waals surface area contributed by atoms with Gasteiger partial charge < -0.3 is 13.7 Å². The van der Waals surface area contributed by atoms with Crippen LogP contribution in [-0.2, 0) is 17.0 Å². The van der Waals surface area contributed by atoms with Crippen molar-refractivity contribution in [3.8, 4) is 6.07 Å². The van der Waals surface area contributed by atoms with Gasteiger partial charge in [-0.05, 0) is 25.1 Å². The molecule has 1 aromatic carbocycles. The van der Waals surface area contributed by atoms with E-state index in [-0.39, 0.29) is 0 Å². The third-order valence-corrected chi connectivity index (χ3v) is 4.78. The fourth-order valence-corrected chi connectivity index (χ4v) is 3.53. The Morgan fingerprint density at radius 2 is 2.24 bits per heavy atom. The first-order valence-corrected chi connectivity index (χ1v) is 8.75. The van der Waals surface area contributed by atoms with Crippen LogP contribution in [0.5, 0.6) is 0 Å². The highest BCUT2D eigenvalue weighted by atomic mass is 32.2. The van der Waals surface area contributed by atoms with E-state index in [9.17, 15) is 4.79 Å². The molecule has 0 unspecified atom stereocenters. The standard InChI is InChI=1S/C18H17N3O3S/c1-12-14(17(22)23-2)10-13(24-12)11-25-18-20-15-6-3-4-7-16(15)21(18)9-5-8-19/h3-4,6-7,10H,5,9,11H2,1-2H3. The largest absolute Gasteiger partial charge is 0.465 e. The van der Waals surface area contributed by atoms with Crippen molar-refractivity contribution in [2.75, 3.05) is 7.11 Å². The van der Waals surface area contributed by atoms with Crippen LogP contribution in [0.25, 0.3) is 11.0 Å². The quantitative estimate of drug-likeness (QED) is 0.492. The van der Waals surface area contributed by atoms with Gasteiger partial charge in [-0.1, -0.05) is 23.9 Å². The zero-order valence-electron chi connectivity index (χ0n) is 14.0. The monoisotopic (exact) mass is 355 g/mol. The first-order chi connectivity index (χ1) is 12.1. The van der Waals surface area contributed by atoms with Crippen LogP contribution < -0.4 is 0 Å². The average Bonchev–Trinajstić information content (AvgIpc) is 3.17. The molecule has 0 bridgehead atoms. The lowest BCUT2D eigenvalue weighted by Gasteiger charge is -2.05. The summed E-state index contributed by atoms with van der Waals surface area (Å²) in [4.78, 5) is 16.3. The third kappa shape index (κ3) is 3.54. The summed E-state index contributed by atoms with van der Waals surface area (Å²) >= 11 is 1.51. The summed E-state index contributed by atoms with van der Waals surface area (Å²) in [5, 5.41) is 9.72. The van der Waals surface area contributed by atoms with Crippen LogP contribution in [0, 0.1) is 18.3 Å². The van der Waals surface area contributed by atoms with Crippen LogP contribution >= 0.6 is 11.8 Å². The van der Waals surface area contributed by atoms with Gasteiger partial charge >= 0.3 is 5.97 Å². The number of aryl methyl sites for hydroxylation is 2. The Bertz CT molecular complexity index is 952. The Balaban J connectivity index is 1.83. The molecule has 0 saturated heterocycles. The molecule has 0 amide bonds. The van der Waals surface area contributed by atoms with Crippen molar-refractivity contribution in [2.24, 2.45) is 0 Å². The zero-order valence-corrected chi connectivity index (χ0v) is 14.8. The predicted octanol–water partition coefficient (Wildman–Crippen LogP) is 3.93. The first-order valence-electron chi connectivity index (χ1n) is 7.76. The second-order valence-electron chi connectivity index (χ2n) is 5.41. The Hall–Kier alpha value is -2.72. The molecule has 6 nitrogen and oxygen atoms in total. The number of nitriles is 1. The Morgan fingerprint density at radius 1 is 1.44 bits per heavy atom. The predicted molar refractivity (Wildman–Crippen MR) is 94.3 cm³/mol. The van der Waals surface area contributed by atoms with Gasteiger partial charge in [0.05, 0.1) is 36.4 Å². The van der Waals surface area contributed by atoms with Gasteiger partial charge in [0, 0.05) is 6.54 Å². The second kappa shape index (κ2) is 7.45. The van der Waals surface area contributed by atoms with Crippen molar-refractivity contribution in [3.63, 3.8) is 0 Å². The van der Waals surface area contributed by atoms with Crippen LogP contribution in [0.2, 0.25) is 0 Å². The second-order valence-corrected chi connectivity index (χ2v) is 6.35. The van der Waals surface area contributed by atoms with E-state index < -0.39 is 5.97 Å². The molecule has 0 spiro atoms. The number of para-hydroxylation sites is 2. The van der Waals surface area contributed by atoms with Gasteiger partial charge in [0.25, 0.3) is 0 Å². The highest BCUT2D eigenvalue weighted by molar-refractivity contribution is 7.98. The number of aromatic nitrogens is 2. The van der Waals surface area contributed by atoms with Crippen molar-refractivity contribution in [1.29, 1.82) is 5.26 Å². The molecule has 0 N–H and O–H groups in total. The van der Waals surface area contributed by atoms with E-state index in [0.29, 0.717) is 35.8 Å². The van der Waals surface area contributed by atoms with Gasteiger partial charge in [-0.3, -0.25) is 0 Å². The molecule has 128 valence electrons. The smallest absolute Gasteiger partial charge is 0.341 e. The summed E-state index contributed by atoms with van der Waals surface area (Å²) in [6.45, 7) is 2.33. The molecule has 0 aliphatic heterocycles. The van der Waals surface area contributed by atoms with E-state index in [2.05, 4.69) is 11.1 Å². The van der Waals surface area contributed by atoms with Crippen LogP contribution in [-0.4, -0.2) is 22.6 Å². The normalized spacial score (nSPS) is 10.8. The maximum atomic E-state index is 11.7. The molecular weight excluding hydrogens is 338 g/mol. The topological polar surface area (TPSA) is 81.0 Å². The zero-order chi connectivity index (χ0) is 17.8. The maximum Gasteiger partial charge on any atom is 0.341 e. The third-order valence-electron chi connectivity index (χ3n) is 3.78. The molecule has 0 radical (unpaired) electrons. The van der Waals surface area contributed by atoms with Crippen molar-refractivity contribution in [2.45, 2.75) is 30.8 Å². The molecule has 3 rings (SSSR count). The molecule has 3 aromatic rings. The van der Waals surface area contributed by atoms with Gasteiger partial charge in [-0.2, -0.15) is 5.26 Å². The van der Waals surface area contributed by atoms with Gasteiger partial charge in [0.2, 0.25) is 0 Å². The Morgan fingerprint density at radius 3 is 3.00 bits per heavy atom. The number of benzene rings is 1. The first kappa shape index (κ1) is 17.1. The number of esters is 1. The number of hydrogen-bond donors (Lipinski definition) is 0. The van der Waals surface area contributed by atoms with Crippen molar-refractivity contribution in [3.05, 3.63) is 47.4 Å². The molecule has 0 aliphatic carbocycles. The molecule has 0 aliphatic rings. The van der Waals surface area contributed by atoms with Gasteiger partial charge in [0.15, 0.2) is 5.16 Å². The van der Waals surface area contributed by atoms with E-state index in [1.165, 1.54) is 18.9 Å². The summed E-state index contributed by atoms with van der Waals surface area (Å²) in [5.41, 5.74) is 2.34. The molecule has 2 heterocycles. The molecular formula is C18H17N3O3S. The van der Waals surface area contributed by atoms with Crippen LogP contribution in [0.3, 0.4) is 0 Å². The van der Waals surface area contributed by atoms with Crippen LogP contribution in [0.15, 0.2) is 39.9 Å². The summed E-state index contributed by atoms with van der Waals surface area (Å²) < 4.78 is 12.4. The molecule has 0 atom stereocenters. The highest BCUT2D eigenvalue weighted by Crippen LogP contribution is 2.28. The molecule has 7 heteroatoms. The summed E-state index contributed by atoms with van der Waals surface area (Å²) in [5.74, 6) is 1.36. The minimum Gasteiger partial charge on any atom is -0.465 e. The Kier molecular flexibility index (Phi) is 5.10. The minimum atomic E-state index is -0.404.